The monoisotopic (exact) mass is 503 g/mol. The molecule has 3 aromatic rings. The number of rotatable bonds is 3. The molecule has 0 bridgehead atoms. The summed E-state index contributed by atoms with van der Waals surface area (Å²) in [4.78, 5) is 24.0. The maximum Gasteiger partial charge on any atom is 0.409 e. The lowest BCUT2D eigenvalue weighted by atomic mass is 10.0. The first-order valence-electron chi connectivity index (χ1n) is 11.4. The molecule has 186 valence electrons. The lowest BCUT2D eigenvalue weighted by Gasteiger charge is -2.44. The molecule has 0 aliphatic carbocycles. The number of ether oxygens (including phenoxy) is 2. The number of nitrogen functional groups attached to an aromatic ring is 1. The van der Waals surface area contributed by atoms with Crippen LogP contribution >= 0.6 is 11.6 Å². The number of hydrogen-bond donors (Lipinski definition) is 1. The van der Waals surface area contributed by atoms with Crippen LogP contribution in [0.25, 0.3) is 11.0 Å². The first-order valence-corrected chi connectivity index (χ1v) is 11.8. The van der Waals surface area contributed by atoms with Gasteiger partial charge in [-0.3, -0.25) is 4.90 Å². The maximum absolute atomic E-state index is 15.4. The predicted octanol–water partition coefficient (Wildman–Crippen LogP) is 3.15. The molecule has 2 aliphatic heterocycles. The molecule has 4 heterocycles. The number of anilines is 1. The molecule has 10 nitrogen and oxygen atoms in total. The van der Waals surface area contributed by atoms with E-state index in [9.17, 15) is 4.79 Å². The minimum Gasteiger partial charge on any atom is -0.489 e. The van der Waals surface area contributed by atoms with Crippen LogP contribution in [0.15, 0.2) is 12.4 Å². The molecule has 2 N–H and O–H groups in total. The maximum atomic E-state index is 15.4. The number of likely N-dealkylation sites (tertiary alicyclic amines) is 1. The second kappa shape index (κ2) is 8.80. The van der Waals surface area contributed by atoms with Crippen LogP contribution in [0, 0.1) is 12.7 Å². The van der Waals surface area contributed by atoms with Crippen molar-refractivity contribution in [1.82, 2.24) is 29.5 Å². The summed E-state index contributed by atoms with van der Waals surface area (Å²) in [5.74, 6) is 0.305. The standard InChI is InChI=1S/C23H27ClFN7O3/c1-11-6-30(14-7-31(8-14)23(33)34-4)9-16-19(25)17(24)5-15(20(16)35-11)13(3)32-22-18(12(2)29-32)21(26)27-10-28-22/h5,10-11,13-14H,6-9H2,1-4H3,(H2,26,27,28). The number of carbonyl (C=O) groups excluding carboxylic acids is 1. The molecule has 2 unspecified atom stereocenters. The molecule has 2 atom stereocenters. The van der Waals surface area contributed by atoms with Gasteiger partial charge in [-0.1, -0.05) is 11.6 Å². The minimum atomic E-state index is -0.506. The highest BCUT2D eigenvalue weighted by Gasteiger charge is 2.39. The van der Waals surface area contributed by atoms with E-state index in [0.29, 0.717) is 65.6 Å². The lowest BCUT2D eigenvalue weighted by Crippen LogP contribution is -2.61. The summed E-state index contributed by atoms with van der Waals surface area (Å²) in [5.41, 5.74) is 8.44. The normalized spacial score (nSPS) is 19.6. The van der Waals surface area contributed by atoms with E-state index in [2.05, 4.69) is 20.0 Å². The summed E-state index contributed by atoms with van der Waals surface area (Å²) in [6, 6.07) is 1.30. The third kappa shape index (κ3) is 3.92. The Labute approximate surface area is 206 Å². The Kier molecular flexibility index (Phi) is 5.92. The Morgan fingerprint density at radius 1 is 1.34 bits per heavy atom. The van der Waals surface area contributed by atoms with Crippen LogP contribution < -0.4 is 10.5 Å². The highest BCUT2D eigenvalue weighted by atomic mass is 35.5. The molecule has 0 saturated carbocycles. The fourth-order valence-electron chi connectivity index (χ4n) is 4.92. The minimum absolute atomic E-state index is 0.0100. The van der Waals surface area contributed by atoms with Crippen molar-refractivity contribution in [2.45, 2.75) is 45.5 Å². The number of aryl methyl sites for hydroxylation is 1. The van der Waals surface area contributed by atoms with Crippen LogP contribution in [-0.4, -0.2) is 74.5 Å². The number of halogens is 2. The van der Waals surface area contributed by atoms with Gasteiger partial charge in [-0.05, 0) is 26.8 Å². The van der Waals surface area contributed by atoms with Gasteiger partial charge in [0.2, 0.25) is 0 Å². The van der Waals surface area contributed by atoms with Crippen molar-refractivity contribution >= 4 is 34.5 Å². The van der Waals surface area contributed by atoms with Crippen molar-refractivity contribution in [3.63, 3.8) is 0 Å². The topological polar surface area (TPSA) is 112 Å². The smallest absolute Gasteiger partial charge is 0.409 e. The third-order valence-electron chi connectivity index (χ3n) is 6.79. The first-order chi connectivity index (χ1) is 16.7. The number of benzene rings is 1. The Hall–Kier alpha value is -3.18. The van der Waals surface area contributed by atoms with Gasteiger partial charge in [0.15, 0.2) is 5.65 Å². The van der Waals surface area contributed by atoms with Crippen molar-refractivity contribution in [3.8, 4) is 5.75 Å². The largest absolute Gasteiger partial charge is 0.489 e. The zero-order valence-electron chi connectivity index (χ0n) is 20.0. The SMILES string of the molecule is COC(=O)N1CC(N2Cc3c(F)c(Cl)cc(C(C)n4nc(C)c5c(N)ncnc54)c3OC(C)C2)C1. The Bertz CT molecular complexity index is 1310. The van der Waals surface area contributed by atoms with Crippen molar-refractivity contribution in [2.24, 2.45) is 0 Å². The summed E-state index contributed by atoms with van der Waals surface area (Å²) < 4.78 is 28.2. The van der Waals surface area contributed by atoms with Gasteiger partial charge in [0.1, 0.15) is 29.8 Å². The van der Waals surface area contributed by atoms with Gasteiger partial charge in [-0.15, -0.1) is 0 Å². The van der Waals surface area contributed by atoms with Gasteiger partial charge in [-0.2, -0.15) is 5.10 Å². The van der Waals surface area contributed by atoms with E-state index in [-0.39, 0.29) is 29.3 Å². The van der Waals surface area contributed by atoms with Gasteiger partial charge in [0, 0.05) is 43.3 Å². The molecule has 1 amide bonds. The average molecular weight is 504 g/mol. The number of amides is 1. The van der Waals surface area contributed by atoms with E-state index in [1.165, 1.54) is 13.4 Å². The van der Waals surface area contributed by atoms with Gasteiger partial charge in [-0.25, -0.2) is 23.8 Å². The van der Waals surface area contributed by atoms with Gasteiger partial charge in [0.25, 0.3) is 0 Å². The molecule has 1 fully saturated rings. The molecule has 12 heteroatoms. The number of methoxy groups -OCH3 is 1. The number of nitrogens with two attached hydrogens (primary N) is 1. The van der Waals surface area contributed by atoms with Crippen LogP contribution in [0.1, 0.15) is 36.7 Å². The Balaban J connectivity index is 1.53. The molecule has 5 rings (SSSR count). The lowest BCUT2D eigenvalue weighted by molar-refractivity contribution is 0.0156. The number of nitrogens with zero attached hydrogens (tertiary/aromatic N) is 6. The summed E-state index contributed by atoms with van der Waals surface area (Å²) in [7, 11) is 1.36. The van der Waals surface area contributed by atoms with E-state index in [0.717, 1.165) is 0 Å². The van der Waals surface area contributed by atoms with Crippen LogP contribution in [0.5, 0.6) is 5.75 Å². The number of hydrogen-bond acceptors (Lipinski definition) is 8. The molecule has 35 heavy (non-hydrogen) atoms. The van der Waals surface area contributed by atoms with Crippen molar-refractivity contribution in [3.05, 3.63) is 40.1 Å². The second-order valence-corrected chi connectivity index (χ2v) is 9.53. The Morgan fingerprint density at radius 2 is 2.09 bits per heavy atom. The van der Waals surface area contributed by atoms with Crippen molar-refractivity contribution in [2.75, 3.05) is 32.5 Å². The third-order valence-corrected chi connectivity index (χ3v) is 7.06. The number of aromatic nitrogens is 4. The highest BCUT2D eigenvalue weighted by molar-refractivity contribution is 6.31. The molecular formula is C23H27ClFN7O3. The summed E-state index contributed by atoms with van der Waals surface area (Å²) >= 11 is 6.39. The molecule has 0 radical (unpaired) electrons. The molecule has 2 aliphatic rings. The first kappa shape index (κ1) is 23.6. The zero-order valence-corrected chi connectivity index (χ0v) is 20.7. The molecule has 1 aromatic carbocycles. The van der Waals surface area contributed by atoms with Gasteiger partial charge in [0.05, 0.1) is 29.3 Å². The van der Waals surface area contributed by atoms with Crippen LogP contribution in [0.4, 0.5) is 15.0 Å². The van der Waals surface area contributed by atoms with Crippen LogP contribution in [0.2, 0.25) is 5.02 Å². The predicted molar refractivity (Wildman–Crippen MR) is 128 cm³/mol. The van der Waals surface area contributed by atoms with Crippen molar-refractivity contribution in [1.29, 1.82) is 0 Å². The summed E-state index contributed by atoms with van der Waals surface area (Å²) in [6.07, 6.45) is 0.814. The Morgan fingerprint density at radius 3 is 2.80 bits per heavy atom. The molecule has 2 aromatic heterocycles. The van der Waals surface area contributed by atoms with Crippen LogP contribution in [-0.2, 0) is 11.3 Å². The number of fused-ring (bicyclic) bond motifs is 2. The van der Waals surface area contributed by atoms with E-state index < -0.39 is 5.82 Å². The van der Waals surface area contributed by atoms with E-state index in [4.69, 9.17) is 26.8 Å². The fourth-order valence-corrected chi connectivity index (χ4v) is 5.16. The van der Waals surface area contributed by atoms with Gasteiger partial charge < -0.3 is 20.1 Å². The fraction of sp³-hybridized carbons (Fsp3) is 0.478. The summed E-state index contributed by atoms with van der Waals surface area (Å²) in [5, 5.41) is 5.34. The highest BCUT2D eigenvalue weighted by Crippen LogP contribution is 2.41. The van der Waals surface area contributed by atoms with E-state index in [1.807, 2.05) is 20.8 Å². The van der Waals surface area contributed by atoms with E-state index >= 15 is 4.39 Å². The number of carbonyl (C=O) groups is 1. The van der Waals surface area contributed by atoms with Crippen LogP contribution in [0.3, 0.4) is 0 Å². The quantitative estimate of drug-likeness (QED) is 0.580. The second-order valence-electron chi connectivity index (χ2n) is 9.12. The van der Waals surface area contributed by atoms with Gasteiger partial charge >= 0.3 is 6.09 Å². The molecule has 1 saturated heterocycles. The van der Waals surface area contributed by atoms with Crippen molar-refractivity contribution < 1.29 is 18.7 Å². The van der Waals surface area contributed by atoms with E-state index in [1.54, 1.807) is 15.6 Å². The zero-order chi connectivity index (χ0) is 25.0. The molecular weight excluding hydrogens is 477 g/mol. The molecule has 0 spiro atoms. The summed E-state index contributed by atoms with van der Waals surface area (Å²) in [6.45, 7) is 7.63. The average Bonchev–Trinajstić information content (AvgIpc) is 3.03.